The van der Waals surface area contributed by atoms with Gasteiger partial charge in [-0.15, -0.1) is 0 Å². The largest absolute Gasteiger partial charge is 0.494 e. The van der Waals surface area contributed by atoms with Crippen LogP contribution >= 0.6 is 15.9 Å². The Kier molecular flexibility index (Phi) is 5.09. The third kappa shape index (κ3) is 3.88. The number of aromatic amines is 1. The highest BCUT2D eigenvalue weighted by atomic mass is 79.9. The molecular weight excluding hydrogens is 434 g/mol. The normalized spacial score (nSPS) is 10.7. The van der Waals surface area contributed by atoms with Crippen LogP contribution in [0.2, 0.25) is 0 Å². The molecule has 0 fully saturated rings. The van der Waals surface area contributed by atoms with Crippen LogP contribution in [-0.4, -0.2) is 23.3 Å². The van der Waals surface area contributed by atoms with Gasteiger partial charge in [-0.3, -0.25) is 5.10 Å². The Morgan fingerprint density at radius 1 is 1.07 bits per heavy atom. The second kappa shape index (κ2) is 7.84. The molecule has 0 aliphatic heterocycles. The first-order valence-electron chi connectivity index (χ1n) is 8.79. The molecule has 0 bridgehead atoms. The van der Waals surface area contributed by atoms with Crippen molar-refractivity contribution in [2.75, 3.05) is 23.5 Å². The van der Waals surface area contributed by atoms with Crippen LogP contribution in [0.5, 0.6) is 5.75 Å². The number of benzene rings is 3. The van der Waals surface area contributed by atoms with Crippen LogP contribution in [0.25, 0.3) is 22.0 Å². The second-order valence-electron chi connectivity index (χ2n) is 6.34. The Morgan fingerprint density at radius 3 is 2.55 bits per heavy atom. The molecule has 146 valence electrons. The lowest BCUT2D eigenvalue weighted by Crippen LogP contribution is -2.19. The van der Waals surface area contributed by atoms with E-state index in [0.717, 1.165) is 26.5 Å². The van der Waals surface area contributed by atoms with Crippen LogP contribution in [0.4, 0.5) is 22.0 Å². The van der Waals surface area contributed by atoms with Crippen molar-refractivity contribution in [2.45, 2.75) is 0 Å². The van der Waals surface area contributed by atoms with E-state index in [4.69, 9.17) is 10.5 Å². The molecule has 0 atom stereocenters. The Balaban J connectivity index is 1.55. The van der Waals surface area contributed by atoms with Gasteiger partial charge < -0.3 is 21.1 Å². The molecule has 0 radical (unpaired) electrons. The van der Waals surface area contributed by atoms with Gasteiger partial charge in [0.25, 0.3) is 0 Å². The summed E-state index contributed by atoms with van der Waals surface area (Å²) in [7, 11) is 1.60. The van der Waals surface area contributed by atoms with E-state index in [1.807, 2.05) is 60.7 Å². The number of nitrogen functional groups attached to an aromatic ring is 1. The van der Waals surface area contributed by atoms with Crippen LogP contribution in [0, 0.1) is 0 Å². The summed E-state index contributed by atoms with van der Waals surface area (Å²) < 4.78 is 6.26. The number of fused-ring (bicyclic) bond motifs is 1. The number of methoxy groups -OCH3 is 1. The Morgan fingerprint density at radius 2 is 1.83 bits per heavy atom. The van der Waals surface area contributed by atoms with Crippen LogP contribution in [0.3, 0.4) is 0 Å². The zero-order chi connectivity index (χ0) is 20.4. The maximum atomic E-state index is 12.2. The summed E-state index contributed by atoms with van der Waals surface area (Å²) >= 11 is 3.38. The van der Waals surface area contributed by atoms with Gasteiger partial charge in [-0.25, -0.2) is 4.79 Å². The lowest BCUT2D eigenvalue weighted by Gasteiger charge is -2.10. The smallest absolute Gasteiger partial charge is 0.323 e. The summed E-state index contributed by atoms with van der Waals surface area (Å²) in [5.74, 6) is 1.08. The van der Waals surface area contributed by atoms with Crippen molar-refractivity contribution in [2.24, 2.45) is 0 Å². The molecule has 0 saturated carbocycles. The van der Waals surface area contributed by atoms with Gasteiger partial charge >= 0.3 is 6.03 Å². The van der Waals surface area contributed by atoms with Gasteiger partial charge in [0, 0.05) is 15.8 Å². The number of hydrogen-bond acceptors (Lipinski definition) is 4. The van der Waals surface area contributed by atoms with Gasteiger partial charge in [-0.05, 0) is 53.6 Å². The molecule has 0 spiro atoms. The first-order chi connectivity index (χ1) is 14.0. The number of carbonyl (C=O) groups is 1. The molecule has 4 aromatic rings. The molecule has 0 aliphatic carbocycles. The maximum absolute atomic E-state index is 12.2. The first kappa shape index (κ1) is 18.8. The van der Waals surface area contributed by atoms with E-state index in [2.05, 4.69) is 36.8 Å². The number of ether oxygens (including phenoxy) is 1. The standard InChI is InChI=1S/C21H18BrN5O2/c1-29-17-10-9-16(18-19(17)26-27-20(18)23)12-5-7-14(8-6-12)24-21(28)25-15-4-2-3-13(22)11-15/h2-11H,1H3,(H3,23,26,27)(H2,24,25,28). The Labute approximate surface area is 175 Å². The number of nitrogens with two attached hydrogens (primary N) is 1. The number of aromatic nitrogens is 2. The number of hydrogen-bond donors (Lipinski definition) is 4. The molecule has 7 nitrogen and oxygen atoms in total. The number of anilines is 3. The second-order valence-corrected chi connectivity index (χ2v) is 7.26. The molecule has 0 saturated heterocycles. The maximum Gasteiger partial charge on any atom is 0.323 e. The Bertz CT molecular complexity index is 1190. The van der Waals surface area contributed by atoms with Gasteiger partial charge in [-0.2, -0.15) is 5.10 Å². The quantitative estimate of drug-likeness (QED) is 0.340. The van der Waals surface area contributed by atoms with Gasteiger partial charge in [0.05, 0.1) is 12.5 Å². The Hall–Kier alpha value is -3.52. The first-order valence-corrected chi connectivity index (χ1v) is 9.59. The molecule has 3 aromatic carbocycles. The zero-order valence-electron chi connectivity index (χ0n) is 15.5. The monoisotopic (exact) mass is 451 g/mol. The summed E-state index contributed by atoms with van der Waals surface area (Å²) in [5.41, 5.74) is 10.0. The summed E-state index contributed by atoms with van der Waals surface area (Å²) in [6.07, 6.45) is 0. The number of carbonyl (C=O) groups excluding carboxylic acids is 1. The van der Waals surface area contributed by atoms with Crippen LogP contribution in [-0.2, 0) is 0 Å². The third-order valence-electron chi connectivity index (χ3n) is 4.47. The minimum absolute atomic E-state index is 0.318. The predicted octanol–water partition coefficient (Wildman–Crippen LogP) is 5.23. The van der Waals surface area contributed by atoms with Crippen LogP contribution in [0.15, 0.2) is 65.1 Å². The van der Waals surface area contributed by atoms with Crippen molar-refractivity contribution in [1.82, 2.24) is 10.2 Å². The van der Waals surface area contributed by atoms with E-state index in [9.17, 15) is 4.79 Å². The fourth-order valence-corrected chi connectivity index (χ4v) is 3.54. The zero-order valence-corrected chi connectivity index (χ0v) is 17.1. The average molecular weight is 452 g/mol. The number of H-pyrrole nitrogens is 1. The fourth-order valence-electron chi connectivity index (χ4n) is 3.14. The van der Waals surface area contributed by atoms with Crippen molar-refractivity contribution < 1.29 is 9.53 Å². The van der Waals surface area contributed by atoms with Crippen molar-refractivity contribution in [3.63, 3.8) is 0 Å². The van der Waals surface area contributed by atoms with Crippen LogP contribution < -0.4 is 21.1 Å². The number of urea groups is 1. The minimum atomic E-state index is -0.318. The number of rotatable bonds is 4. The van der Waals surface area contributed by atoms with Gasteiger partial charge in [0.15, 0.2) is 5.82 Å². The van der Waals surface area contributed by atoms with Crippen molar-refractivity contribution in [3.8, 4) is 16.9 Å². The molecule has 8 heteroatoms. The topological polar surface area (TPSA) is 105 Å². The summed E-state index contributed by atoms with van der Waals surface area (Å²) in [6.45, 7) is 0. The van der Waals surface area contributed by atoms with E-state index in [0.29, 0.717) is 22.9 Å². The molecule has 1 heterocycles. The predicted molar refractivity (Wildman–Crippen MR) is 119 cm³/mol. The van der Waals surface area contributed by atoms with E-state index >= 15 is 0 Å². The van der Waals surface area contributed by atoms with E-state index in [1.165, 1.54) is 0 Å². The number of nitrogens with zero attached hydrogens (tertiary/aromatic N) is 1. The van der Waals surface area contributed by atoms with Crippen molar-refractivity contribution in [3.05, 3.63) is 65.1 Å². The lowest BCUT2D eigenvalue weighted by molar-refractivity contribution is 0.262. The fraction of sp³-hybridized carbons (Fsp3) is 0.0476. The van der Waals surface area contributed by atoms with Crippen molar-refractivity contribution in [1.29, 1.82) is 0 Å². The highest BCUT2D eigenvalue weighted by molar-refractivity contribution is 9.10. The molecule has 0 aliphatic rings. The highest BCUT2D eigenvalue weighted by Crippen LogP contribution is 2.36. The van der Waals surface area contributed by atoms with E-state index < -0.39 is 0 Å². The number of amides is 2. The number of nitrogens with one attached hydrogen (secondary N) is 3. The summed E-state index contributed by atoms with van der Waals surface area (Å²) in [5, 5.41) is 13.4. The molecule has 1 aromatic heterocycles. The van der Waals surface area contributed by atoms with Gasteiger partial charge in [0.1, 0.15) is 11.3 Å². The molecule has 4 rings (SSSR count). The van der Waals surface area contributed by atoms with Gasteiger partial charge in [0.2, 0.25) is 0 Å². The minimum Gasteiger partial charge on any atom is -0.494 e. The molecular formula is C21H18BrN5O2. The lowest BCUT2D eigenvalue weighted by atomic mass is 10.0. The number of halogens is 1. The molecule has 0 unspecified atom stereocenters. The third-order valence-corrected chi connectivity index (χ3v) is 4.96. The van der Waals surface area contributed by atoms with Crippen LogP contribution in [0.1, 0.15) is 0 Å². The average Bonchev–Trinajstić information content (AvgIpc) is 3.10. The van der Waals surface area contributed by atoms with E-state index in [1.54, 1.807) is 7.11 Å². The molecule has 29 heavy (non-hydrogen) atoms. The highest BCUT2D eigenvalue weighted by Gasteiger charge is 2.14. The molecule has 5 N–H and O–H groups in total. The summed E-state index contributed by atoms with van der Waals surface area (Å²) in [6, 6.07) is 18.4. The SMILES string of the molecule is COc1ccc(-c2ccc(NC(=O)Nc3cccc(Br)c3)cc2)c2c(N)n[nH]c12. The van der Waals surface area contributed by atoms with E-state index in [-0.39, 0.29) is 6.03 Å². The summed E-state index contributed by atoms with van der Waals surface area (Å²) in [4.78, 5) is 12.2. The molecule has 2 amide bonds. The van der Waals surface area contributed by atoms with Gasteiger partial charge in [-0.1, -0.05) is 34.1 Å². The van der Waals surface area contributed by atoms with Crippen molar-refractivity contribution >= 4 is 50.1 Å².